The van der Waals surface area contributed by atoms with Crippen LogP contribution in [0.5, 0.6) is 0 Å². The third-order valence-corrected chi connectivity index (χ3v) is 6.17. The van der Waals surface area contributed by atoms with Crippen molar-refractivity contribution in [2.45, 2.75) is 43.6 Å². The van der Waals surface area contributed by atoms with Crippen LogP contribution in [-0.4, -0.2) is 51.4 Å². The Hall–Kier alpha value is -1.64. The normalized spacial score (nSPS) is 16.7. The van der Waals surface area contributed by atoms with Gasteiger partial charge in [0.1, 0.15) is 4.90 Å². The third kappa shape index (κ3) is 4.96. The van der Waals surface area contributed by atoms with E-state index in [1.165, 1.54) is 26.1 Å². The number of halogens is 1. The number of hydrogen-bond donors (Lipinski definition) is 1. The van der Waals surface area contributed by atoms with Crippen LogP contribution in [0.15, 0.2) is 23.1 Å². The zero-order valence-electron chi connectivity index (χ0n) is 14.8. The van der Waals surface area contributed by atoms with Gasteiger partial charge in [-0.3, -0.25) is 4.79 Å². The Balaban J connectivity index is 2.11. The van der Waals surface area contributed by atoms with E-state index >= 15 is 0 Å². The molecule has 1 fully saturated rings. The first-order valence-corrected chi connectivity index (χ1v) is 10.3. The monoisotopic (exact) mass is 402 g/mol. The molecule has 1 aromatic carbocycles. The average molecular weight is 403 g/mol. The minimum Gasteiger partial charge on any atom is -0.449 e. The number of ether oxygens (including phenoxy) is 1. The van der Waals surface area contributed by atoms with Gasteiger partial charge in [0.15, 0.2) is 6.10 Å². The number of nitrogens with one attached hydrogen (secondary N) is 1. The number of hydrogen-bond acceptors (Lipinski definition) is 5. The summed E-state index contributed by atoms with van der Waals surface area (Å²) >= 11 is 5.91. The maximum Gasteiger partial charge on any atom is 0.338 e. The van der Waals surface area contributed by atoms with E-state index in [-0.39, 0.29) is 21.4 Å². The molecule has 0 aliphatic carbocycles. The Bertz CT molecular complexity index is 773. The van der Waals surface area contributed by atoms with Crippen molar-refractivity contribution in [2.75, 3.05) is 20.1 Å². The van der Waals surface area contributed by atoms with Gasteiger partial charge in [0.25, 0.3) is 5.91 Å². The Morgan fingerprint density at radius 1 is 1.19 bits per heavy atom. The second kappa shape index (κ2) is 8.83. The predicted molar refractivity (Wildman–Crippen MR) is 97.6 cm³/mol. The highest BCUT2D eigenvalue weighted by molar-refractivity contribution is 7.89. The lowest BCUT2D eigenvalue weighted by Gasteiger charge is -2.24. The summed E-state index contributed by atoms with van der Waals surface area (Å²) in [4.78, 5) is 26.3. The van der Waals surface area contributed by atoms with Crippen LogP contribution in [0, 0.1) is 0 Å². The van der Waals surface area contributed by atoms with E-state index in [2.05, 4.69) is 4.72 Å². The molecule has 144 valence electrons. The zero-order chi connectivity index (χ0) is 19.3. The van der Waals surface area contributed by atoms with Gasteiger partial charge in [-0.15, -0.1) is 0 Å². The molecule has 1 aliphatic rings. The Labute approximate surface area is 158 Å². The first-order valence-electron chi connectivity index (χ1n) is 8.49. The summed E-state index contributed by atoms with van der Waals surface area (Å²) in [5.41, 5.74) is 0.0127. The van der Waals surface area contributed by atoms with Crippen LogP contribution in [0.2, 0.25) is 5.02 Å². The molecular weight excluding hydrogens is 380 g/mol. The smallest absolute Gasteiger partial charge is 0.338 e. The van der Waals surface area contributed by atoms with Gasteiger partial charge in [-0.1, -0.05) is 24.4 Å². The van der Waals surface area contributed by atoms with Gasteiger partial charge in [0.2, 0.25) is 10.0 Å². The summed E-state index contributed by atoms with van der Waals surface area (Å²) in [6.07, 6.45) is 3.11. The zero-order valence-corrected chi connectivity index (χ0v) is 16.4. The molecule has 0 unspecified atom stereocenters. The summed E-state index contributed by atoms with van der Waals surface area (Å²) < 4.78 is 31.3. The number of nitrogens with zero attached hydrogens (tertiary/aromatic N) is 1. The second-order valence-electron chi connectivity index (χ2n) is 6.14. The Kier molecular flexibility index (Phi) is 7.02. The average Bonchev–Trinajstić information content (AvgIpc) is 2.90. The lowest BCUT2D eigenvalue weighted by atomic mass is 10.2. The maximum atomic E-state index is 12.5. The van der Waals surface area contributed by atoms with Crippen molar-refractivity contribution in [1.29, 1.82) is 0 Å². The molecule has 2 rings (SSSR count). The molecule has 1 atom stereocenters. The van der Waals surface area contributed by atoms with E-state index < -0.39 is 22.1 Å². The van der Waals surface area contributed by atoms with Crippen molar-refractivity contribution in [1.82, 2.24) is 9.62 Å². The molecule has 1 heterocycles. The number of carbonyl (C=O) groups excluding carboxylic acids is 2. The van der Waals surface area contributed by atoms with E-state index in [1.54, 1.807) is 4.90 Å². The van der Waals surface area contributed by atoms with Crippen LogP contribution < -0.4 is 4.72 Å². The van der Waals surface area contributed by atoms with Crippen molar-refractivity contribution in [2.24, 2.45) is 0 Å². The molecule has 0 bridgehead atoms. The summed E-state index contributed by atoms with van der Waals surface area (Å²) in [7, 11) is -2.57. The summed E-state index contributed by atoms with van der Waals surface area (Å²) in [6.45, 7) is 2.84. The minimum atomic E-state index is -3.82. The van der Waals surface area contributed by atoms with Crippen molar-refractivity contribution in [3.63, 3.8) is 0 Å². The first-order chi connectivity index (χ1) is 12.3. The summed E-state index contributed by atoms with van der Waals surface area (Å²) in [5, 5.41) is -0.00964. The molecular formula is C17H23ClN2O5S. The minimum absolute atomic E-state index is 0.00964. The van der Waals surface area contributed by atoms with Gasteiger partial charge < -0.3 is 9.64 Å². The fraction of sp³-hybridized carbons (Fsp3) is 0.529. The van der Waals surface area contributed by atoms with E-state index in [9.17, 15) is 18.0 Å². The van der Waals surface area contributed by atoms with Crippen LogP contribution in [0.4, 0.5) is 0 Å². The number of likely N-dealkylation sites (tertiary alicyclic amines) is 1. The standard InChI is InChI=1S/C17H23ClN2O5S/c1-12(16(21)20-9-5-3-4-6-10-20)25-17(22)13-7-8-14(18)15(11-13)26(23,24)19-2/h7-8,11-12,19H,3-6,9-10H2,1-2H3/t12-/m1/s1. The number of carbonyl (C=O) groups is 2. The van der Waals surface area contributed by atoms with Crippen LogP contribution >= 0.6 is 11.6 Å². The van der Waals surface area contributed by atoms with Crippen LogP contribution in [0.1, 0.15) is 43.0 Å². The number of esters is 1. The van der Waals surface area contributed by atoms with Gasteiger partial charge in [-0.2, -0.15) is 0 Å². The van der Waals surface area contributed by atoms with Crippen molar-refractivity contribution in [3.05, 3.63) is 28.8 Å². The van der Waals surface area contributed by atoms with Gasteiger partial charge >= 0.3 is 5.97 Å². The molecule has 0 aromatic heterocycles. The SMILES string of the molecule is CNS(=O)(=O)c1cc(C(=O)O[C@H](C)C(=O)N2CCCCCC2)ccc1Cl. The molecule has 1 N–H and O–H groups in total. The first kappa shape index (κ1) is 20.7. The third-order valence-electron chi connectivity index (χ3n) is 4.27. The quantitative estimate of drug-likeness (QED) is 0.762. The van der Waals surface area contributed by atoms with Crippen molar-refractivity contribution >= 4 is 33.5 Å². The fourth-order valence-corrected chi connectivity index (χ4v) is 4.02. The van der Waals surface area contributed by atoms with E-state index in [1.807, 2.05) is 0 Å². The van der Waals surface area contributed by atoms with Crippen LogP contribution in [0.3, 0.4) is 0 Å². The molecule has 1 aliphatic heterocycles. The molecule has 0 radical (unpaired) electrons. The fourth-order valence-electron chi connectivity index (χ4n) is 2.77. The molecule has 1 saturated heterocycles. The van der Waals surface area contributed by atoms with Crippen molar-refractivity contribution in [3.8, 4) is 0 Å². The van der Waals surface area contributed by atoms with Crippen molar-refractivity contribution < 1.29 is 22.7 Å². The Morgan fingerprint density at radius 3 is 2.38 bits per heavy atom. The van der Waals surface area contributed by atoms with Crippen LogP contribution in [-0.2, 0) is 19.6 Å². The van der Waals surface area contributed by atoms with Gasteiger partial charge in [-0.05, 0) is 45.0 Å². The number of amides is 1. The molecule has 7 nitrogen and oxygen atoms in total. The number of sulfonamides is 1. The molecule has 0 spiro atoms. The molecule has 1 amide bonds. The highest BCUT2D eigenvalue weighted by Crippen LogP contribution is 2.23. The van der Waals surface area contributed by atoms with E-state index in [4.69, 9.17) is 16.3 Å². The Morgan fingerprint density at radius 2 is 1.81 bits per heavy atom. The van der Waals surface area contributed by atoms with Gasteiger partial charge in [0, 0.05) is 13.1 Å². The largest absolute Gasteiger partial charge is 0.449 e. The van der Waals surface area contributed by atoms with E-state index in [0.29, 0.717) is 13.1 Å². The highest BCUT2D eigenvalue weighted by atomic mass is 35.5. The highest BCUT2D eigenvalue weighted by Gasteiger charge is 2.26. The molecule has 1 aromatic rings. The van der Waals surface area contributed by atoms with Crippen LogP contribution in [0.25, 0.3) is 0 Å². The second-order valence-corrected chi connectivity index (χ2v) is 8.40. The summed E-state index contributed by atoms with van der Waals surface area (Å²) in [5.74, 6) is -1.01. The molecule has 9 heteroatoms. The molecule has 0 saturated carbocycles. The number of benzene rings is 1. The summed E-state index contributed by atoms with van der Waals surface area (Å²) in [6, 6.07) is 3.81. The van der Waals surface area contributed by atoms with Gasteiger partial charge in [-0.25, -0.2) is 17.9 Å². The topological polar surface area (TPSA) is 92.8 Å². The number of rotatable bonds is 5. The van der Waals surface area contributed by atoms with E-state index in [0.717, 1.165) is 31.7 Å². The lowest BCUT2D eigenvalue weighted by molar-refractivity contribution is -0.139. The van der Waals surface area contributed by atoms with Gasteiger partial charge in [0.05, 0.1) is 10.6 Å². The predicted octanol–water partition coefficient (Wildman–Crippen LogP) is 2.20. The molecule has 26 heavy (non-hydrogen) atoms. The maximum absolute atomic E-state index is 12.5. The lowest BCUT2D eigenvalue weighted by Crippen LogP contribution is -2.40.